The fourth-order valence-electron chi connectivity index (χ4n) is 2.41. The van der Waals surface area contributed by atoms with Crippen molar-refractivity contribution in [1.82, 2.24) is 9.97 Å². The molecule has 20 heavy (non-hydrogen) atoms. The van der Waals surface area contributed by atoms with Crippen LogP contribution in [0.4, 0.5) is 11.8 Å². The summed E-state index contributed by atoms with van der Waals surface area (Å²) in [6.07, 6.45) is 1.22. The molecule has 1 aliphatic heterocycles. The second-order valence-electron chi connectivity index (χ2n) is 5.07. The average Bonchev–Trinajstić information content (AvgIpc) is 2.88. The minimum Gasteiger partial charge on any atom is -0.377 e. The van der Waals surface area contributed by atoms with Crippen molar-refractivity contribution in [3.63, 3.8) is 0 Å². The molecular formula is C14H24N4O2. The van der Waals surface area contributed by atoms with E-state index in [9.17, 15) is 0 Å². The number of hydrogen-bond acceptors (Lipinski definition) is 6. The first-order chi connectivity index (χ1) is 9.67. The van der Waals surface area contributed by atoms with E-state index >= 15 is 0 Å². The van der Waals surface area contributed by atoms with E-state index in [1.165, 1.54) is 0 Å². The van der Waals surface area contributed by atoms with E-state index < -0.39 is 0 Å². The Morgan fingerprint density at radius 2 is 1.90 bits per heavy atom. The van der Waals surface area contributed by atoms with E-state index in [0.29, 0.717) is 5.95 Å². The first-order valence-electron chi connectivity index (χ1n) is 7.08. The number of anilines is 2. The molecular weight excluding hydrogens is 256 g/mol. The van der Waals surface area contributed by atoms with Gasteiger partial charge in [0.2, 0.25) is 5.95 Å². The van der Waals surface area contributed by atoms with Gasteiger partial charge in [-0.1, -0.05) is 6.92 Å². The average molecular weight is 280 g/mol. The molecule has 1 saturated heterocycles. The highest BCUT2D eigenvalue weighted by Crippen LogP contribution is 2.23. The van der Waals surface area contributed by atoms with Crippen molar-refractivity contribution in [2.45, 2.75) is 32.5 Å². The second-order valence-corrected chi connectivity index (χ2v) is 5.07. The van der Waals surface area contributed by atoms with Gasteiger partial charge >= 0.3 is 0 Å². The molecule has 112 valence electrons. The number of rotatable bonds is 6. The number of ether oxygens (including phenoxy) is 2. The normalized spacial score (nSPS) is 22.3. The standard InChI is InChI=1S/C14H24N4O2/c1-5-6-15-14-16-10(2)7-13(17-14)18-8-11(19-3)12(9-18)20-4/h7,11-12H,5-6,8-9H2,1-4H3,(H,15,16,17). The molecule has 2 heterocycles. The van der Waals surface area contributed by atoms with Gasteiger partial charge in [0.05, 0.1) is 0 Å². The zero-order valence-electron chi connectivity index (χ0n) is 12.7. The number of nitrogens with one attached hydrogen (secondary N) is 1. The van der Waals surface area contributed by atoms with Crippen LogP contribution in [0.15, 0.2) is 6.07 Å². The summed E-state index contributed by atoms with van der Waals surface area (Å²) in [6, 6.07) is 2.00. The highest BCUT2D eigenvalue weighted by atomic mass is 16.5. The van der Waals surface area contributed by atoms with E-state index in [1.807, 2.05) is 13.0 Å². The molecule has 6 nitrogen and oxygen atoms in total. The van der Waals surface area contributed by atoms with Gasteiger partial charge in [-0.2, -0.15) is 4.98 Å². The Morgan fingerprint density at radius 3 is 2.45 bits per heavy atom. The maximum atomic E-state index is 5.47. The van der Waals surface area contributed by atoms with Crippen LogP contribution in [-0.4, -0.2) is 56.0 Å². The number of aryl methyl sites for hydroxylation is 1. The van der Waals surface area contributed by atoms with E-state index in [2.05, 4.69) is 27.1 Å². The molecule has 1 aromatic heterocycles. The van der Waals surface area contributed by atoms with Gasteiger partial charge in [0.25, 0.3) is 0 Å². The van der Waals surface area contributed by atoms with Crippen molar-refractivity contribution in [3.05, 3.63) is 11.8 Å². The maximum Gasteiger partial charge on any atom is 0.224 e. The van der Waals surface area contributed by atoms with Gasteiger partial charge in [0, 0.05) is 45.6 Å². The topological polar surface area (TPSA) is 59.5 Å². The molecule has 1 aliphatic rings. The number of hydrogen-bond donors (Lipinski definition) is 1. The van der Waals surface area contributed by atoms with Crippen LogP contribution in [0.25, 0.3) is 0 Å². The molecule has 0 aromatic carbocycles. The molecule has 1 N–H and O–H groups in total. The molecule has 1 fully saturated rings. The van der Waals surface area contributed by atoms with Crippen LogP contribution in [-0.2, 0) is 9.47 Å². The van der Waals surface area contributed by atoms with E-state index in [0.717, 1.165) is 37.6 Å². The third kappa shape index (κ3) is 3.37. The summed E-state index contributed by atoms with van der Waals surface area (Å²) in [5.41, 5.74) is 0.962. The Labute approximate surface area is 120 Å². The third-order valence-electron chi connectivity index (χ3n) is 3.52. The zero-order chi connectivity index (χ0) is 14.5. The minimum atomic E-state index is 0.0855. The van der Waals surface area contributed by atoms with Crippen LogP contribution in [0, 0.1) is 6.92 Å². The largest absolute Gasteiger partial charge is 0.377 e. The van der Waals surface area contributed by atoms with Gasteiger partial charge in [-0.05, 0) is 13.3 Å². The lowest BCUT2D eigenvalue weighted by molar-refractivity contribution is -0.00461. The van der Waals surface area contributed by atoms with Crippen molar-refractivity contribution in [2.24, 2.45) is 0 Å². The maximum absolute atomic E-state index is 5.47. The van der Waals surface area contributed by atoms with Crippen LogP contribution in [0.5, 0.6) is 0 Å². The van der Waals surface area contributed by atoms with Crippen molar-refractivity contribution >= 4 is 11.8 Å². The first-order valence-corrected chi connectivity index (χ1v) is 7.08. The minimum absolute atomic E-state index is 0.0855. The van der Waals surface area contributed by atoms with Gasteiger partial charge < -0.3 is 19.7 Å². The van der Waals surface area contributed by atoms with Crippen molar-refractivity contribution in [3.8, 4) is 0 Å². The van der Waals surface area contributed by atoms with Gasteiger partial charge in [-0.25, -0.2) is 4.98 Å². The smallest absolute Gasteiger partial charge is 0.224 e. The molecule has 2 atom stereocenters. The molecule has 1 aromatic rings. The highest BCUT2D eigenvalue weighted by molar-refractivity contribution is 5.46. The molecule has 2 unspecified atom stereocenters. The van der Waals surface area contributed by atoms with Crippen LogP contribution >= 0.6 is 0 Å². The molecule has 0 spiro atoms. The molecule has 2 rings (SSSR count). The molecule has 0 amide bonds. The lowest BCUT2D eigenvalue weighted by Crippen LogP contribution is -2.27. The number of methoxy groups -OCH3 is 2. The Morgan fingerprint density at radius 1 is 1.25 bits per heavy atom. The van der Waals surface area contributed by atoms with Gasteiger partial charge in [0.15, 0.2) is 0 Å². The lowest BCUT2D eigenvalue weighted by Gasteiger charge is -2.18. The summed E-state index contributed by atoms with van der Waals surface area (Å²) in [6.45, 7) is 6.57. The van der Waals surface area contributed by atoms with Crippen molar-refractivity contribution < 1.29 is 9.47 Å². The Balaban J connectivity index is 2.14. The monoisotopic (exact) mass is 280 g/mol. The van der Waals surface area contributed by atoms with E-state index in [-0.39, 0.29) is 12.2 Å². The molecule has 0 bridgehead atoms. The first kappa shape index (κ1) is 15.0. The number of nitrogens with zero attached hydrogens (tertiary/aromatic N) is 3. The Kier molecular flexibility index (Phi) is 5.14. The fraction of sp³-hybridized carbons (Fsp3) is 0.714. The molecule has 0 aliphatic carbocycles. The Hall–Kier alpha value is -1.40. The highest BCUT2D eigenvalue weighted by Gasteiger charge is 2.33. The Bertz CT molecular complexity index is 429. The summed E-state index contributed by atoms with van der Waals surface area (Å²) < 4.78 is 10.9. The summed E-state index contributed by atoms with van der Waals surface area (Å²) >= 11 is 0. The third-order valence-corrected chi connectivity index (χ3v) is 3.52. The quantitative estimate of drug-likeness (QED) is 0.851. The summed E-state index contributed by atoms with van der Waals surface area (Å²) in [4.78, 5) is 11.2. The fourth-order valence-corrected chi connectivity index (χ4v) is 2.41. The van der Waals surface area contributed by atoms with Gasteiger partial charge in [-0.3, -0.25) is 0 Å². The van der Waals surface area contributed by atoms with Crippen molar-refractivity contribution in [1.29, 1.82) is 0 Å². The molecule has 0 saturated carbocycles. The number of aromatic nitrogens is 2. The van der Waals surface area contributed by atoms with Crippen LogP contribution in [0.1, 0.15) is 19.0 Å². The molecule has 6 heteroatoms. The molecule has 0 radical (unpaired) electrons. The van der Waals surface area contributed by atoms with Crippen LogP contribution in [0.3, 0.4) is 0 Å². The summed E-state index contributed by atoms with van der Waals surface area (Å²) in [5, 5.41) is 3.24. The van der Waals surface area contributed by atoms with Crippen molar-refractivity contribution in [2.75, 3.05) is 44.1 Å². The zero-order valence-corrected chi connectivity index (χ0v) is 12.7. The second kappa shape index (κ2) is 6.85. The lowest BCUT2D eigenvalue weighted by atomic mass is 10.3. The summed E-state index contributed by atoms with van der Waals surface area (Å²) in [7, 11) is 3.44. The SMILES string of the molecule is CCCNc1nc(C)cc(N2CC(OC)C(OC)C2)n1. The summed E-state index contributed by atoms with van der Waals surface area (Å²) in [5.74, 6) is 1.62. The van der Waals surface area contributed by atoms with E-state index in [4.69, 9.17) is 9.47 Å². The van der Waals surface area contributed by atoms with Gasteiger partial charge in [0.1, 0.15) is 18.0 Å². The van der Waals surface area contributed by atoms with Gasteiger partial charge in [-0.15, -0.1) is 0 Å². The van der Waals surface area contributed by atoms with Crippen LogP contribution < -0.4 is 10.2 Å². The van der Waals surface area contributed by atoms with Crippen LogP contribution in [0.2, 0.25) is 0 Å². The van der Waals surface area contributed by atoms with E-state index in [1.54, 1.807) is 14.2 Å². The predicted molar refractivity (Wildman–Crippen MR) is 79.4 cm³/mol. The predicted octanol–water partition coefficient (Wildman–Crippen LogP) is 1.46.